The summed E-state index contributed by atoms with van der Waals surface area (Å²) in [6.45, 7) is 5.34. The molecule has 1 aromatic heterocycles. The number of hydrogen-bond acceptors (Lipinski definition) is 6. The fraction of sp³-hybridized carbons (Fsp3) is 0.136. The standard InChI is InChI=1S/C22H17N3O4S/c1-3-4-7-15-13(2)18(26)24(19(15)27)11-10-14-12-30-22(23-14)25-20(28)16-8-5-6-9-17(16)21(25)29/h3-9,12H,1,10-11H2,2H3/b7-4-. The Morgan fingerprint density at radius 3 is 2.33 bits per heavy atom. The first-order valence-corrected chi connectivity index (χ1v) is 10.1. The molecule has 150 valence electrons. The van der Waals surface area contributed by atoms with Crippen molar-refractivity contribution in [1.82, 2.24) is 9.88 Å². The highest BCUT2D eigenvalue weighted by atomic mass is 32.1. The molecule has 30 heavy (non-hydrogen) atoms. The summed E-state index contributed by atoms with van der Waals surface area (Å²) in [4.78, 5) is 56.7. The number of thiazole rings is 1. The lowest BCUT2D eigenvalue weighted by molar-refractivity contribution is -0.137. The third-order valence-corrected chi connectivity index (χ3v) is 5.84. The molecule has 4 amide bonds. The minimum atomic E-state index is -0.403. The highest BCUT2D eigenvalue weighted by Crippen LogP contribution is 2.31. The molecule has 0 saturated heterocycles. The molecule has 0 unspecified atom stereocenters. The Kier molecular flexibility index (Phi) is 5.01. The number of imide groups is 2. The summed E-state index contributed by atoms with van der Waals surface area (Å²) in [5, 5.41) is 2.00. The van der Waals surface area contributed by atoms with Crippen LogP contribution >= 0.6 is 11.3 Å². The molecule has 0 radical (unpaired) electrons. The van der Waals surface area contributed by atoms with E-state index in [1.165, 1.54) is 22.3 Å². The number of anilines is 1. The van der Waals surface area contributed by atoms with Crippen LogP contribution in [0.2, 0.25) is 0 Å². The van der Waals surface area contributed by atoms with Crippen LogP contribution in [-0.2, 0) is 16.0 Å². The highest BCUT2D eigenvalue weighted by molar-refractivity contribution is 7.14. The molecule has 1 aromatic carbocycles. The molecule has 0 saturated carbocycles. The van der Waals surface area contributed by atoms with Crippen LogP contribution in [0.5, 0.6) is 0 Å². The Balaban J connectivity index is 1.47. The van der Waals surface area contributed by atoms with Gasteiger partial charge in [0.2, 0.25) is 0 Å². The van der Waals surface area contributed by atoms with Crippen molar-refractivity contribution >= 4 is 40.1 Å². The average molecular weight is 419 g/mol. The lowest BCUT2D eigenvalue weighted by atomic mass is 10.1. The van der Waals surface area contributed by atoms with Gasteiger partial charge in [-0.1, -0.05) is 30.9 Å². The molecule has 7 nitrogen and oxygen atoms in total. The molecule has 0 N–H and O–H groups in total. The van der Waals surface area contributed by atoms with Gasteiger partial charge in [0.05, 0.1) is 16.8 Å². The van der Waals surface area contributed by atoms with Gasteiger partial charge in [-0.05, 0) is 25.1 Å². The second-order valence-corrected chi connectivity index (χ2v) is 7.59. The lowest BCUT2D eigenvalue weighted by Gasteiger charge is -2.13. The highest BCUT2D eigenvalue weighted by Gasteiger charge is 2.38. The van der Waals surface area contributed by atoms with Crippen LogP contribution in [0.4, 0.5) is 5.13 Å². The minimum Gasteiger partial charge on any atom is -0.274 e. The van der Waals surface area contributed by atoms with Crippen LogP contribution in [0.1, 0.15) is 33.3 Å². The van der Waals surface area contributed by atoms with E-state index < -0.39 is 11.8 Å². The topological polar surface area (TPSA) is 87.7 Å². The van der Waals surface area contributed by atoms with E-state index >= 15 is 0 Å². The number of amides is 4. The van der Waals surface area contributed by atoms with Crippen molar-refractivity contribution in [1.29, 1.82) is 0 Å². The number of carbonyl (C=O) groups excluding carboxylic acids is 4. The van der Waals surface area contributed by atoms with Crippen LogP contribution in [-0.4, -0.2) is 40.1 Å². The Bertz CT molecular complexity index is 1140. The molecule has 2 aromatic rings. The van der Waals surface area contributed by atoms with Crippen molar-refractivity contribution in [3.8, 4) is 0 Å². The van der Waals surface area contributed by atoms with Crippen molar-refractivity contribution < 1.29 is 19.2 Å². The second-order valence-electron chi connectivity index (χ2n) is 6.76. The van der Waals surface area contributed by atoms with Gasteiger partial charge in [0.15, 0.2) is 5.13 Å². The predicted octanol–water partition coefficient (Wildman–Crippen LogP) is 2.91. The smallest absolute Gasteiger partial charge is 0.268 e. The normalized spacial score (nSPS) is 16.4. The molecule has 0 spiro atoms. The molecular formula is C22H17N3O4S. The summed E-state index contributed by atoms with van der Waals surface area (Å²) in [7, 11) is 0. The third-order valence-electron chi connectivity index (χ3n) is 4.96. The Morgan fingerprint density at radius 1 is 1.03 bits per heavy atom. The van der Waals surface area contributed by atoms with Gasteiger partial charge < -0.3 is 0 Å². The fourth-order valence-electron chi connectivity index (χ4n) is 3.38. The summed E-state index contributed by atoms with van der Waals surface area (Å²) < 4.78 is 0. The first-order valence-electron chi connectivity index (χ1n) is 9.22. The number of allylic oxidation sites excluding steroid dienone is 2. The zero-order valence-corrected chi connectivity index (χ0v) is 16.9. The molecule has 0 atom stereocenters. The van der Waals surface area contributed by atoms with Crippen molar-refractivity contribution in [2.75, 3.05) is 11.4 Å². The van der Waals surface area contributed by atoms with Crippen molar-refractivity contribution in [3.05, 3.63) is 82.4 Å². The van der Waals surface area contributed by atoms with Gasteiger partial charge in [0, 0.05) is 29.5 Å². The molecule has 8 heteroatoms. The first kappa shape index (κ1) is 19.7. The van der Waals surface area contributed by atoms with Crippen molar-refractivity contribution in [2.24, 2.45) is 0 Å². The average Bonchev–Trinajstić information content (AvgIpc) is 3.36. The van der Waals surface area contributed by atoms with Crippen LogP contribution in [0.3, 0.4) is 0 Å². The van der Waals surface area contributed by atoms with Gasteiger partial charge in [-0.3, -0.25) is 24.1 Å². The molecular weight excluding hydrogens is 402 g/mol. The second kappa shape index (κ2) is 7.64. The largest absolute Gasteiger partial charge is 0.274 e. The molecule has 0 bridgehead atoms. The summed E-state index contributed by atoms with van der Waals surface area (Å²) in [5.41, 5.74) is 2.05. The summed E-state index contributed by atoms with van der Waals surface area (Å²) in [6.07, 6.45) is 5.05. The number of aromatic nitrogens is 1. The van der Waals surface area contributed by atoms with Gasteiger partial charge in [-0.15, -0.1) is 11.3 Å². The molecule has 3 heterocycles. The van der Waals surface area contributed by atoms with E-state index in [1.54, 1.807) is 48.7 Å². The fourth-order valence-corrected chi connectivity index (χ4v) is 4.24. The van der Waals surface area contributed by atoms with E-state index in [1.807, 2.05) is 0 Å². The summed E-state index contributed by atoms with van der Waals surface area (Å²) >= 11 is 1.17. The quantitative estimate of drug-likeness (QED) is 0.531. The molecule has 0 fully saturated rings. The van der Waals surface area contributed by atoms with Crippen LogP contribution < -0.4 is 4.90 Å². The van der Waals surface area contributed by atoms with Gasteiger partial charge >= 0.3 is 0 Å². The number of hydrogen-bond donors (Lipinski definition) is 0. The number of carbonyl (C=O) groups is 4. The van der Waals surface area contributed by atoms with E-state index in [0.717, 1.165) is 4.90 Å². The number of rotatable bonds is 6. The summed E-state index contributed by atoms with van der Waals surface area (Å²) in [6, 6.07) is 6.64. The van der Waals surface area contributed by atoms with Gasteiger partial charge in [-0.25, -0.2) is 9.88 Å². The van der Waals surface area contributed by atoms with E-state index in [4.69, 9.17) is 0 Å². The predicted molar refractivity (Wildman–Crippen MR) is 112 cm³/mol. The first-order chi connectivity index (χ1) is 14.4. The van der Waals surface area contributed by atoms with E-state index in [-0.39, 0.29) is 23.5 Å². The maximum absolute atomic E-state index is 12.6. The Hall–Kier alpha value is -3.65. The van der Waals surface area contributed by atoms with E-state index in [9.17, 15) is 19.2 Å². The van der Waals surface area contributed by atoms with Gasteiger partial charge in [-0.2, -0.15) is 0 Å². The summed E-state index contributed by atoms with van der Waals surface area (Å²) in [5.74, 6) is -1.49. The van der Waals surface area contributed by atoms with Crippen molar-refractivity contribution in [2.45, 2.75) is 13.3 Å². The third kappa shape index (κ3) is 3.11. The zero-order chi connectivity index (χ0) is 21.4. The SMILES string of the molecule is C=C/C=C\C1=C(C)C(=O)N(CCc2csc(N3C(=O)c4ccccc4C3=O)n2)C1=O. The van der Waals surface area contributed by atoms with E-state index in [0.29, 0.717) is 34.4 Å². The number of nitrogens with zero attached hydrogens (tertiary/aromatic N) is 3. The van der Waals surface area contributed by atoms with E-state index in [2.05, 4.69) is 11.6 Å². The van der Waals surface area contributed by atoms with Crippen molar-refractivity contribution in [3.63, 3.8) is 0 Å². The van der Waals surface area contributed by atoms with Gasteiger partial charge in [0.25, 0.3) is 23.6 Å². The maximum atomic E-state index is 12.6. The number of benzene rings is 1. The zero-order valence-electron chi connectivity index (χ0n) is 16.1. The number of fused-ring (bicyclic) bond motifs is 1. The lowest BCUT2D eigenvalue weighted by Crippen LogP contribution is -2.33. The maximum Gasteiger partial charge on any atom is 0.268 e. The monoisotopic (exact) mass is 419 g/mol. The molecule has 2 aliphatic heterocycles. The van der Waals surface area contributed by atoms with Crippen LogP contribution in [0, 0.1) is 0 Å². The Labute approximate surface area is 176 Å². The van der Waals surface area contributed by atoms with Crippen LogP contribution in [0.15, 0.2) is 65.6 Å². The molecule has 2 aliphatic rings. The molecule has 0 aliphatic carbocycles. The van der Waals surface area contributed by atoms with Gasteiger partial charge in [0.1, 0.15) is 0 Å². The Morgan fingerprint density at radius 2 is 1.70 bits per heavy atom. The van der Waals surface area contributed by atoms with Crippen LogP contribution in [0.25, 0.3) is 0 Å². The minimum absolute atomic E-state index is 0.158. The molecule has 4 rings (SSSR count).